The maximum absolute atomic E-state index is 12.4. The molecule has 0 radical (unpaired) electrons. The van der Waals surface area contributed by atoms with Crippen molar-refractivity contribution in [2.45, 2.75) is 17.9 Å². The van der Waals surface area contributed by atoms with E-state index in [4.69, 9.17) is 11.6 Å². The highest BCUT2D eigenvalue weighted by molar-refractivity contribution is 7.90. The highest BCUT2D eigenvalue weighted by atomic mass is 35.5. The number of carbonyl (C=O) groups excluding carboxylic acids is 2. The molecule has 1 N–H and O–H groups in total. The molecule has 2 aromatic carbocycles. The molecule has 0 saturated carbocycles. The Morgan fingerprint density at radius 1 is 1.20 bits per heavy atom. The maximum Gasteiger partial charge on any atom is 0.269 e. The molecule has 2 amide bonds. The van der Waals surface area contributed by atoms with E-state index in [1.165, 1.54) is 18.2 Å². The second-order valence-corrected chi connectivity index (χ2v) is 7.92. The number of amides is 2. The van der Waals surface area contributed by atoms with Gasteiger partial charge in [-0.1, -0.05) is 35.9 Å². The minimum atomic E-state index is -4.00. The molecule has 1 heterocycles. The molecule has 8 heteroatoms. The summed E-state index contributed by atoms with van der Waals surface area (Å²) >= 11 is 5.93. The van der Waals surface area contributed by atoms with Crippen molar-refractivity contribution in [3.8, 4) is 0 Å². The number of carbonyl (C=O) groups is 2. The van der Waals surface area contributed by atoms with Crippen LogP contribution >= 0.6 is 11.6 Å². The van der Waals surface area contributed by atoms with Crippen molar-refractivity contribution in [3.63, 3.8) is 0 Å². The van der Waals surface area contributed by atoms with Gasteiger partial charge in [-0.05, 0) is 36.8 Å². The number of rotatable bonds is 4. The van der Waals surface area contributed by atoms with Crippen LogP contribution in [0.2, 0.25) is 5.02 Å². The fourth-order valence-corrected chi connectivity index (χ4v) is 4.39. The first kappa shape index (κ1) is 17.4. The molecule has 0 aromatic heterocycles. The number of hydrogen-bond acceptors (Lipinski definition) is 4. The van der Waals surface area contributed by atoms with Crippen molar-refractivity contribution in [2.24, 2.45) is 0 Å². The molecular weight excluding hydrogens is 364 g/mol. The molecule has 0 bridgehead atoms. The smallest absolute Gasteiger partial charge is 0.269 e. The number of hydrogen-bond donors (Lipinski definition) is 1. The van der Waals surface area contributed by atoms with Crippen LogP contribution in [-0.2, 0) is 14.8 Å². The van der Waals surface area contributed by atoms with Crippen molar-refractivity contribution in [1.29, 1.82) is 0 Å². The van der Waals surface area contributed by atoms with E-state index in [0.717, 1.165) is 5.56 Å². The van der Waals surface area contributed by atoms with Crippen LogP contribution < -0.4 is 5.32 Å². The third kappa shape index (κ3) is 3.25. The molecule has 6 nitrogen and oxygen atoms in total. The fourth-order valence-electron chi connectivity index (χ4n) is 2.66. The molecule has 0 fully saturated rings. The molecule has 1 unspecified atom stereocenters. The van der Waals surface area contributed by atoms with Crippen molar-refractivity contribution in [3.05, 3.63) is 64.7 Å². The second-order valence-electron chi connectivity index (χ2n) is 5.66. The van der Waals surface area contributed by atoms with E-state index >= 15 is 0 Å². The van der Waals surface area contributed by atoms with Crippen molar-refractivity contribution in [1.82, 2.24) is 9.62 Å². The Morgan fingerprint density at radius 2 is 1.92 bits per heavy atom. The third-order valence-corrected chi connectivity index (χ3v) is 5.95. The number of nitrogens with zero attached hydrogens (tertiary/aromatic N) is 1. The summed E-state index contributed by atoms with van der Waals surface area (Å²) in [5.74, 6) is -1.27. The number of fused-ring (bicyclic) bond motifs is 1. The van der Waals surface area contributed by atoms with Crippen LogP contribution in [0.25, 0.3) is 0 Å². The Bertz CT molecular complexity index is 959. The lowest BCUT2D eigenvalue weighted by atomic mass is 10.1. The highest BCUT2D eigenvalue weighted by Gasteiger charge is 2.41. The standard InChI is InChI=1S/C17H15ClN2O4S/c1-11(12-5-4-6-13(18)9-12)19-16(21)10-20-17(22)14-7-2-3-8-15(14)25(20,23)24/h2-9,11H,10H2,1H3,(H,19,21). The zero-order valence-corrected chi connectivity index (χ0v) is 14.8. The van der Waals surface area contributed by atoms with Crippen LogP contribution in [0.5, 0.6) is 0 Å². The summed E-state index contributed by atoms with van der Waals surface area (Å²) in [5, 5.41) is 3.21. The number of sulfonamides is 1. The van der Waals surface area contributed by atoms with Crippen molar-refractivity contribution in [2.75, 3.05) is 6.54 Å². The van der Waals surface area contributed by atoms with Gasteiger partial charge in [-0.25, -0.2) is 12.7 Å². The van der Waals surface area contributed by atoms with E-state index in [1.54, 1.807) is 37.3 Å². The average Bonchev–Trinajstić information content (AvgIpc) is 2.76. The minimum Gasteiger partial charge on any atom is -0.348 e. The monoisotopic (exact) mass is 378 g/mol. The molecule has 0 spiro atoms. The van der Waals surface area contributed by atoms with E-state index < -0.39 is 28.4 Å². The Kier molecular flexibility index (Phi) is 4.53. The summed E-state index contributed by atoms with van der Waals surface area (Å²) in [5.41, 5.74) is 0.859. The van der Waals surface area contributed by atoms with Crippen LogP contribution in [0.3, 0.4) is 0 Å². The van der Waals surface area contributed by atoms with E-state index in [2.05, 4.69) is 5.32 Å². The predicted octanol–water partition coefficient (Wildman–Crippen LogP) is 2.36. The molecule has 2 aromatic rings. The van der Waals surface area contributed by atoms with Gasteiger partial charge in [0.2, 0.25) is 5.91 Å². The molecule has 130 valence electrons. The van der Waals surface area contributed by atoms with Gasteiger partial charge >= 0.3 is 0 Å². The molecule has 1 atom stereocenters. The van der Waals surface area contributed by atoms with Gasteiger partial charge in [0.15, 0.2) is 0 Å². The first-order chi connectivity index (χ1) is 11.8. The lowest BCUT2D eigenvalue weighted by Crippen LogP contribution is -2.41. The Morgan fingerprint density at radius 3 is 2.60 bits per heavy atom. The average molecular weight is 379 g/mol. The molecule has 1 aliphatic rings. The van der Waals surface area contributed by atoms with Gasteiger partial charge < -0.3 is 5.32 Å². The molecule has 1 aliphatic heterocycles. The van der Waals surface area contributed by atoms with Crippen LogP contribution in [0.4, 0.5) is 0 Å². The highest BCUT2D eigenvalue weighted by Crippen LogP contribution is 2.29. The largest absolute Gasteiger partial charge is 0.348 e. The molecule has 0 aliphatic carbocycles. The minimum absolute atomic E-state index is 0.0734. The normalized spacial score (nSPS) is 16.4. The van der Waals surface area contributed by atoms with Crippen LogP contribution in [0.15, 0.2) is 53.4 Å². The lowest BCUT2D eigenvalue weighted by molar-refractivity contribution is -0.121. The van der Waals surface area contributed by atoms with Gasteiger partial charge in [-0.2, -0.15) is 0 Å². The van der Waals surface area contributed by atoms with Crippen molar-refractivity contribution < 1.29 is 18.0 Å². The second kappa shape index (κ2) is 6.50. The summed E-state index contributed by atoms with van der Waals surface area (Å²) < 4.78 is 25.5. The summed E-state index contributed by atoms with van der Waals surface area (Å²) in [7, 11) is -4.00. The van der Waals surface area contributed by atoms with Gasteiger partial charge in [0.25, 0.3) is 15.9 Å². The van der Waals surface area contributed by atoms with Crippen LogP contribution in [0.1, 0.15) is 28.9 Å². The van der Waals surface area contributed by atoms with Gasteiger partial charge in [0, 0.05) is 5.02 Å². The lowest BCUT2D eigenvalue weighted by Gasteiger charge is -2.18. The number of benzene rings is 2. The SMILES string of the molecule is CC(NC(=O)CN1C(=O)c2ccccc2S1(=O)=O)c1cccc(Cl)c1. The maximum atomic E-state index is 12.4. The molecule has 3 rings (SSSR count). The first-order valence-corrected chi connectivity index (χ1v) is 9.33. The Hall–Kier alpha value is -2.38. The molecular formula is C17H15ClN2O4S. The quantitative estimate of drug-likeness (QED) is 0.885. The van der Waals surface area contributed by atoms with Gasteiger partial charge in [-0.15, -0.1) is 0 Å². The molecule has 0 saturated heterocycles. The number of halogens is 1. The first-order valence-electron chi connectivity index (χ1n) is 7.51. The van der Waals surface area contributed by atoms with Gasteiger partial charge in [0.05, 0.1) is 11.6 Å². The summed E-state index contributed by atoms with van der Waals surface area (Å²) in [4.78, 5) is 24.5. The molecule has 25 heavy (non-hydrogen) atoms. The van der Waals surface area contributed by atoms with E-state index in [9.17, 15) is 18.0 Å². The summed E-state index contributed by atoms with van der Waals surface area (Å²) in [6.07, 6.45) is 0. The zero-order valence-electron chi connectivity index (χ0n) is 13.3. The predicted molar refractivity (Wildman–Crippen MR) is 92.7 cm³/mol. The van der Waals surface area contributed by atoms with Gasteiger partial charge in [-0.3, -0.25) is 9.59 Å². The topological polar surface area (TPSA) is 83.6 Å². The van der Waals surface area contributed by atoms with E-state index in [0.29, 0.717) is 9.33 Å². The zero-order chi connectivity index (χ0) is 18.2. The Labute approximate surface area is 150 Å². The Balaban J connectivity index is 1.75. The van der Waals surface area contributed by atoms with E-state index in [-0.39, 0.29) is 16.5 Å². The van der Waals surface area contributed by atoms with Crippen LogP contribution in [0, 0.1) is 0 Å². The van der Waals surface area contributed by atoms with Crippen LogP contribution in [-0.4, -0.2) is 31.1 Å². The van der Waals surface area contributed by atoms with E-state index in [1.807, 2.05) is 0 Å². The fraction of sp³-hybridized carbons (Fsp3) is 0.176. The van der Waals surface area contributed by atoms with Crippen molar-refractivity contribution >= 4 is 33.4 Å². The summed E-state index contributed by atoms with van der Waals surface area (Å²) in [6, 6.07) is 12.5. The summed E-state index contributed by atoms with van der Waals surface area (Å²) in [6.45, 7) is 1.18. The third-order valence-electron chi connectivity index (χ3n) is 3.93. The van der Waals surface area contributed by atoms with Gasteiger partial charge in [0.1, 0.15) is 11.4 Å². The number of nitrogens with one attached hydrogen (secondary N) is 1.